The van der Waals surface area contributed by atoms with Crippen LogP contribution in [0.4, 0.5) is 0 Å². The van der Waals surface area contributed by atoms with Gasteiger partial charge in [-0.1, -0.05) is 193 Å². The largest absolute Gasteiger partial charge is 0.370 e. The van der Waals surface area contributed by atoms with Gasteiger partial charge in [-0.2, -0.15) is 0 Å². The Balaban J connectivity index is 3.85. The second-order valence-electron chi connectivity index (χ2n) is 14.3. The number of allylic oxidation sites excluding steroid dienone is 2. The SMILES string of the molecule is CCCCCC=CCCCCCCCCCCCC(CCCCCCCCCCCCCCCCCC)N(C)CCN=C(N)N. The van der Waals surface area contributed by atoms with Crippen molar-refractivity contribution in [3.63, 3.8) is 0 Å². The molecule has 0 amide bonds. The maximum absolute atomic E-state index is 5.57. The molecule has 268 valence electrons. The standard InChI is InChI=1S/C41H84N4/c1-4-6-8-10-12-14-16-18-20-22-24-26-28-30-32-34-36-40(45(3)39-38-44-41(42)43)37-35-33-31-29-27-25-23-21-19-17-15-13-11-9-7-5-2/h12,14,40H,4-11,13,15-39H2,1-3H3,(H4,42,43,44). The van der Waals surface area contributed by atoms with Crippen LogP contribution in [-0.4, -0.2) is 37.0 Å². The van der Waals surface area contributed by atoms with Gasteiger partial charge in [0.05, 0.1) is 6.54 Å². The number of likely N-dealkylation sites (N-methyl/N-ethyl adjacent to an activating group) is 1. The van der Waals surface area contributed by atoms with Gasteiger partial charge in [-0.3, -0.25) is 4.99 Å². The zero-order valence-electron chi connectivity index (χ0n) is 31.3. The molecule has 0 fully saturated rings. The van der Waals surface area contributed by atoms with Gasteiger partial charge in [0.2, 0.25) is 0 Å². The van der Waals surface area contributed by atoms with Crippen LogP contribution in [0.25, 0.3) is 0 Å². The van der Waals surface area contributed by atoms with Crippen LogP contribution in [-0.2, 0) is 0 Å². The highest BCUT2D eigenvalue weighted by atomic mass is 15.1. The third-order valence-corrected chi connectivity index (χ3v) is 9.81. The van der Waals surface area contributed by atoms with E-state index < -0.39 is 0 Å². The summed E-state index contributed by atoms with van der Waals surface area (Å²) in [5, 5.41) is 0. The van der Waals surface area contributed by atoms with Crippen molar-refractivity contribution in [1.29, 1.82) is 0 Å². The lowest BCUT2D eigenvalue weighted by atomic mass is 9.98. The summed E-state index contributed by atoms with van der Waals surface area (Å²) in [7, 11) is 2.28. The molecule has 4 N–H and O–H groups in total. The van der Waals surface area contributed by atoms with Gasteiger partial charge in [0.1, 0.15) is 0 Å². The smallest absolute Gasteiger partial charge is 0.185 e. The molecule has 0 aliphatic carbocycles. The maximum atomic E-state index is 5.57. The molecule has 0 bridgehead atoms. The molecule has 1 atom stereocenters. The topological polar surface area (TPSA) is 67.6 Å². The van der Waals surface area contributed by atoms with Crippen molar-refractivity contribution in [2.24, 2.45) is 16.5 Å². The second-order valence-corrected chi connectivity index (χ2v) is 14.3. The zero-order chi connectivity index (χ0) is 32.9. The van der Waals surface area contributed by atoms with Crippen LogP contribution in [0.15, 0.2) is 17.1 Å². The molecule has 4 nitrogen and oxygen atoms in total. The first kappa shape index (κ1) is 44.0. The van der Waals surface area contributed by atoms with E-state index in [0.29, 0.717) is 12.6 Å². The fourth-order valence-corrected chi connectivity index (χ4v) is 6.66. The lowest BCUT2D eigenvalue weighted by molar-refractivity contribution is 0.215. The first-order valence-electron chi connectivity index (χ1n) is 20.5. The monoisotopic (exact) mass is 633 g/mol. The first-order chi connectivity index (χ1) is 22.1. The van der Waals surface area contributed by atoms with E-state index in [1.165, 1.54) is 205 Å². The summed E-state index contributed by atoms with van der Waals surface area (Å²) in [4.78, 5) is 6.76. The first-order valence-corrected chi connectivity index (χ1v) is 20.5. The van der Waals surface area contributed by atoms with Gasteiger partial charge in [0.25, 0.3) is 0 Å². The predicted molar refractivity (Wildman–Crippen MR) is 205 cm³/mol. The number of hydrogen-bond acceptors (Lipinski definition) is 2. The molecule has 0 saturated heterocycles. The molecule has 4 heteroatoms. The fraction of sp³-hybridized carbons (Fsp3) is 0.927. The van der Waals surface area contributed by atoms with Crippen molar-refractivity contribution >= 4 is 5.96 Å². The van der Waals surface area contributed by atoms with Crippen molar-refractivity contribution in [3.8, 4) is 0 Å². The number of nitrogens with zero attached hydrogens (tertiary/aromatic N) is 2. The lowest BCUT2D eigenvalue weighted by Gasteiger charge is -2.28. The Morgan fingerprint density at radius 2 is 0.800 bits per heavy atom. The predicted octanol–water partition coefficient (Wildman–Crippen LogP) is 12.6. The Hall–Kier alpha value is -1.03. The van der Waals surface area contributed by atoms with Crippen LogP contribution in [0.5, 0.6) is 0 Å². The quantitative estimate of drug-likeness (QED) is 0.0310. The van der Waals surface area contributed by atoms with Crippen LogP contribution < -0.4 is 11.5 Å². The summed E-state index contributed by atoms with van der Waals surface area (Å²) < 4.78 is 0. The van der Waals surface area contributed by atoms with Crippen LogP contribution >= 0.6 is 0 Å². The van der Waals surface area contributed by atoms with E-state index in [1.807, 2.05) is 0 Å². The Kier molecular flexibility index (Phi) is 36.6. The van der Waals surface area contributed by atoms with Crippen LogP contribution in [0, 0.1) is 0 Å². The zero-order valence-corrected chi connectivity index (χ0v) is 31.3. The summed E-state index contributed by atoms with van der Waals surface area (Å²) in [6.07, 6.45) is 49.7. The molecule has 0 saturated carbocycles. The van der Waals surface area contributed by atoms with Gasteiger partial charge in [-0.15, -0.1) is 0 Å². The molecule has 1 unspecified atom stereocenters. The van der Waals surface area contributed by atoms with E-state index in [9.17, 15) is 0 Å². The summed E-state index contributed by atoms with van der Waals surface area (Å²) in [6, 6.07) is 0.673. The van der Waals surface area contributed by atoms with E-state index in [0.717, 1.165) is 6.54 Å². The van der Waals surface area contributed by atoms with Crippen molar-refractivity contribution < 1.29 is 0 Å². The van der Waals surface area contributed by atoms with E-state index in [4.69, 9.17) is 11.5 Å². The molecule has 0 aromatic carbocycles. The van der Waals surface area contributed by atoms with E-state index >= 15 is 0 Å². The van der Waals surface area contributed by atoms with Gasteiger partial charge in [-0.25, -0.2) is 0 Å². The third kappa shape index (κ3) is 35.7. The molecule has 0 aliphatic heterocycles. The summed E-state index contributed by atoms with van der Waals surface area (Å²) in [6.45, 7) is 6.25. The minimum atomic E-state index is 0.215. The Labute approximate surface area is 284 Å². The molecule has 0 heterocycles. The summed E-state index contributed by atoms with van der Waals surface area (Å²) >= 11 is 0. The molecular formula is C41H84N4. The van der Waals surface area contributed by atoms with Gasteiger partial charge in [0, 0.05) is 12.6 Å². The molecule has 0 aromatic rings. The fourth-order valence-electron chi connectivity index (χ4n) is 6.66. The highest BCUT2D eigenvalue weighted by molar-refractivity contribution is 5.75. The minimum absolute atomic E-state index is 0.215. The highest BCUT2D eigenvalue weighted by Gasteiger charge is 2.14. The van der Waals surface area contributed by atoms with Crippen molar-refractivity contribution in [1.82, 2.24) is 4.90 Å². The maximum Gasteiger partial charge on any atom is 0.185 e. The molecule has 45 heavy (non-hydrogen) atoms. The van der Waals surface area contributed by atoms with Crippen molar-refractivity contribution in [2.45, 2.75) is 225 Å². The van der Waals surface area contributed by atoms with E-state index in [-0.39, 0.29) is 5.96 Å². The van der Waals surface area contributed by atoms with Crippen molar-refractivity contribution in [3.05, 3.63) is 12.2 Å². The molecular weight excluding hydrogens is 548 g/mol. The summed E-state index contributed by atoms with van der Waals surface area (Å²) in [5.41, 5.74) is 11.1. The normalized spacial score (nSPS) is 12.4. The molecule has 0 radical (unpaired) electrons. The van der Waals surface area contributed by atoms with Crippen LogP contribution in [0.1, 0.15) is 219 Å². The van der Waals surface area contributed by atoms with Gasteiger partial charge in [0.15, 0.2) is 5.96 Å². The average Bonchev–Trinajstić information content (AvgIpc) is 3.03. The van der Waals surface area contributed by atoms with E-state index in [1.54, 1.807) is 0 Å². The number of guanidine groups is 1. The van der Waals surface area contributed by atoms with Crippen LogP contribution in [0.3, 0.4) is 0 Å². The van der Waals surface area contributed by atoms with Crippen molar-refractivity contribution in [2.75, 3.05) is 20.1 Å². The third-order valence-electron chi connectivity index (χ3n) is 9.81. The molecule has 0 spiro atoms. The number of nitrogens with two attached hydrogens (primary N) is 2. The highest BCUT2D eigenvalue weighted by Crippen LogP contribution is 2.19. The number of hydrogen-bond donors (Lipinski definition) is 2. The Bertz CT molecular complexity index is 613. The Morgan fingerprint density at radius 3 is 1.18 bits per heavy atom. The average molecular weight is 633 g/mol. The van der Waals surface area contributed by atoms with Gasteiger partial charge >= 0.3 is 0 Å². The molecule has 0 aromatic heterocycles. The van der Waals surface area contributed by atoms with Gasteiger partial charge < -0.3 is 16.4 Å². The minimum Gasteiger partial charge on any atom is -0.370 e. The van der Waals surface area contributed by atoms with Gasteiger partial charge in [-0.05, 0) is 45.6 Å². The number of rotatable bonds is 37. The summed E-state index contributed by atoms with van der Waals surface area (Å²) in [5.74, 6) is 0.215. The van der Waals surface area contributed by atoms with Crippen LogP contribution in [0.2, 0.25) is 0 Å². The lowest BCUT2D eigenvalue weighted by Crippen LogP contribution is -2.34. The Morgan fingerprint density at radius 1 is 0.489 bits per heavy atom. The van der Waals surface area contributed by atoms with E-state index in [2.05, 4.69) is 42.9 Å². The molecule has 0 aliphatic rings. The molecule has 0 rings (SSSR count). The number of unbranched alkanes of at least 4 members (excludes halogenated alkanes) is 27. The number of aliphatic imine (C=N–C) groups is 1. The second kappa shape index (κ2) is 37.4.